The second-order valence-corrected chi connectivity index (χ2v) is 5.79. The summed E-state index contributed by atoms with van der Waals surface area (Å²) in [5, 5.41) is 19.1. The van der Waals surface area contributed by atoms with Gasteiger partial charge in [0.05, 0.1) is 13.7 Å². The van der Waals surface area contributed by atoms with Crippen molar-refractivity contribution in [3.63, 3.8) is 0 Å². The summed E-state index contributed by atoms with van der Waals surface area (Å²) in [6.07, 6.45) is 0. The van der Waals surface area contributed by atoms with Gasteiger partial charge in [-0.15, -0.1) is 0 Å². The molecule has 1 unspecified atom stereocenters. The number of carboxylic acids is 1. The highest BCUT2D eigenvalue weighted by molar-refractivity contribution is 5.69. The Morgan fingerprint density at radius 2 is 2.00 bits per heavy atom. The number of hydrogen-bond donors (Lipinski definition) is 2. The van der Waals surface area contributed by atoms with E-state index >= 15 is 0 Å². The fourth-order valence-corrected chi connectivity index (χ4v) is 2.26. The van der Waals surface area contributed by atoms with Gasteiger partial charge in [-0.1, -0.05) is 0 Å². The molecule has 2 N–H and O–H groups in total. The van der Waals surface area contributed by atoms with Crippen LogP contribution in [0.3, 0.4) is 0 Å². The van der Waals surface area contributed by atoms with Crippen molar-refractivity contribution in [2.45, 2.75) is 39.3 Å². The van der Waals surface area contributed by atoms with Crippen LogP contribution in [0.15, 0.2) is 18.2 Å². The van der Waals surface area contributed by atoms with Gasteiger partial charge in [0.1, 0.15) is 11.5 Å². The van der Waals surface area contributed by atoms with Crippen molar-refractivity contribution in [3.05, 3.63) is 23.8 Å². The minimum atomic E-state index is -0.894. The van der Waals surface area contributed by atoms with Crippen LogP contribution in [-0.2, 0) is 4.79 Å². The summed E-state index contributed by atoms with van der Waals surface area (Å²) in [5.74, 6) is -0.124. The molecule has 5 nitrogen and oxygen atoms in total. The smallest absolute Gasteiger partial charge is 0.317 e. The van der Waals surface area contributed by atoms with E-state index in [1.165, 1.54) is 0 Å². The molecule has 20 heavy (non-hydrogen) atoms. The maximum Gasteiger partial charge on any atom is 0.317 e. The van der Waals surface area contributed by atoms with Crippen molar-refractivity contribution in [1.29, 1.82) is 0 Å². The van der Waals surface area contributed by atoms with Gasteiger partial charge in [-0.2, -0.15) is 0 Å². The highest BCUT2D eigenvalue weighted by atomic mass is 16.5. The first-order chi connectivity index (χ1) is 9.16. The number of ether oxygens (including phenoxy) is 1. The Morgan fingerprint density at radius 3 is 2.45 bits per heavy atom. The van der Waals surface area contributed by atoms with Gasteiger partial charge in [0.15, 0.2) is 0 Å². The van der Waals surface area contributed by atoms with Gasteiger partial charge in [0.2, 0.25) is 0 Å². The number of phenols is 1. The lowest BCUT2D eigenvalue weighted by molar-refractivity contribution is -0.140. The lowest BCUT2D eigenvalue weighted by Gasteiger charge is -2.39. The molecule has 1 atom stereocenters. The molecule has 0 aliphatic carbocycles. The molecule has 0 spiro atoms. The van der Waals surface area contributed by atoms with Crippen LogP contribution >= 0.6 is 0 Å². The number of carboxylic acid groups (broad SMARTS) is 1. The third-order valence-corrected chi connectivity index (χ3v) is 3.32. The van der Waals surface area contributed by atoms with Crippen molar-refractivity contribution < 1.29 is 19.7 Å². The zero-order valence-corrected chi connectivity index (χ0v) is 12.7. The fourth-order valence-electron chi connectivity index (χ4n) is 2.26. The quantitative estimate of drug-likeness (QED) is 0.868. The molecule has 0 bridgehead atoms. The lowest BCUT2D eigenvalue weighted by atomic mass is 9.98. The van der Waals surface area contributed by atoms with Crippen LogP contribution in [-0.4, -0.2) is 40.3 Å². The van der Waals surface area contributed by atoms with Crippen LogP contribution < -0.4 is 4.74 Å². The van der Waals surface area contributed by atoms with Crippen LogP contribution in [0.1, 0.15) is 39.3 Å². The molecule has 0 aliphatic rings. The number of carbonyl (C=O) groups is 1. The van der Waals surface area contributed by atoms with E-state index in [2.05, 4.69) is 0 Å². The van der Waals surface area contributed by atoms with Crippen molar-refractivity contribution in [2.24, 2.45) is 0 Å². The monoisotopic (exact) mass is 281 g/mol. The summed E-state index contributed by atoms with van der Waals surface area (Å²) in [6, 6.07) is 4.72. The summed E-state index contributed by atoms with van der Waals surface area (Å²) in [4.78, 5) is 12.9. The molecular formula is C15H23NO4. The van der Waals surface area contributed by atoms with Crippen molar-refractivity contribution in [2.75, 3.05) is 13.7 Å². The molecule has 0 saturated carbocycles. The molecule has 0 heterocycles. The second kappa shape index (κ2) is 6.13. The van der Waals surface area contributed by atoms with Crippen LogP contribution in [0.5, 0.6) is 11.5 Å². The van der Waals surface area contributed by atoms with E-state index in [4.69, 9.17) is 9.84 Å². The summed E-state index contributed by atoms with van der Waals surface area (Å²) in [6.45, 7) is 7.63. The van der Waals surface area contributed by atoms with E-state index in [0.29, 0.717) is 11.3 Å². The van der Waals surface area contributed by atoms with E-state index in [0.717, 1.165) is 0 Å². The molecule has 5 heteroatoms. The summed E-state index contributed by atoms with van der Waals surface area (Å²) in [7, 11) is 1.56. The Labute approximate surface area is 119 Å². The molecule has 0 fully saturated rings. The zero-order chi connectivity index (χ0) is 15.5. The number of phenolic OH excluding ortho intramolecular Hbond substituents is 1. The number of rotatable bonds is 5. The average molecular weight is 281 g/mol. The molecule has 1 rings (SSSR count). The largest absolute Gasteiger partial charge is 0.508 e. The Bertz CT molecular complexity index is 479. The van der Waals surface area contributed by atoms with Crippen molar-refractivity contribution in [3.8, 4) is 11.5 Å². The van der Waals surface area contributed by atoms with Gasteiger partial charge in [-0.05, 0) is 45.9 Å². The summed E-state index contributed by atoms with van der Waals surface area (Å²) >= 11 is 0. The Morgan fingerprint density at radius 1 is 1.40 bits per heavy atom. The van der Waals surface area contributed by atoms with E-state index in [9.17, 15) is 9.90 Å². The van der Waals surface area contributed by atoms with Crippen LogP contribution in [0.2, 0.25) is 0 Å². The van der Waals surface area contributed by atoms with E-state index in [-0.39, 0.29) is 23.9 Å². The maximum atomic E-state index is 11.1. The fraction of sp³-hybridized carbons (Fsp3) is 0.533. The third-order valence-electron chi connectivity index (χ3n) is 3.32. The third kappa shape index (κ3) is 3.87. The van der Waals surface area contributed by atoms with Gasteiger partial charge in [-0.3, -0.25) is 9.69 Å². The van der Waals surface area contributed by atoms with Crippen molar-refractivity contribution in [1.82, 2.24) is 4.90 Å². The number of aromatic hydroxyl groups is 1. The second-order valence-electron chi connectivity index (χ2n) is 5.79. The van der Waals surface area contributed by atoms with Gasteiger partial charge < -0.3 is 14.9 Å². The normalized spacial score (nSPS) is 13.3. The highest BCUT2D eigenvalue weighted by Gasteiger charge is 2.30. The number of hydrogen-bond acceptors (Lipinski definition) is 4. The predicted octanol–water partition coefficient (Wildman–Crippen LogP) is 2.65. The minimum absolute atomic E-state index is 0.0959. The van der Waals surface area contributed by atoms with E-state index in [1.807, 2.05) is 32.6 Å². The molecule has 0 amide bonds. The topological polar surface area (TPSA) is 70.0 Å². The zero-order valence-electron chi connectivity index (χ0n) is 12.7. The molecule has 1 aromatic rings. The predicted molar refractivity (Wildman–Crippen MR) is 77.2 cm³/mol. The maximum absolute atomic E-state index is 11.1. The number of aliphatic carboxylic acids is 1. The van der Waals surface area contributed by atoms with Gasteiger partial charge in [0.25, 0.3) is 0 Å². The minimum Gasteiger partial charge on any atom is -0.508 e. The SMILES string of the molecule is COc1ccc(O)c(C(C)N(CC(=O)O)C(C)(C)C)c1. The van der Waals surface area contributed by atoms with Gasteiger partial charge >= 0.3 is 5.97 Å². The number of benzene rings is 1. The van der Waals surface area contributed by atoms with Crippen molar-refractivity contribution >= 4 is 5.97 Å². The molecule has 0 saturated heterocycles. The van der Waals surface area contributed by atoms with Gasteiger partial charge in [-0.25, -0.2) is 0 Å². The van der Waals surface area contributed by atoms with Crippen LogP contribution in [0.4, 0.5) is 0 Å². The Balaban J connectivity index is 3.17. The Hall–Kier alpha value is -1.75. The first kappa shape index (κ1) is 16.3. The Kier molecular flexibility index (Phi) is 5.00. The first-order valence-corrected chi connectivity index (χ1v) is 6.52. The number of nitrogens with zero attached hydrogens (tertiary/aromatic N) is 1. The molecule has 112 valence electrons. The molecular weight excluding hydrogens is 258 g/mol. The average Bonchev–Trinajstić information content (AvgIpc) is 2.34. The highest BCUT2D eigenvalue weighted by Crippen LogP contribution is 2.34. The van der Waals surface area contributed by atoms with Gasteiger partial charge in [0, 0.05) is 17.1 Å². The molecule has 0 radical (unpaired) electrons. The lowest BCUT2D eigenvalue weighted by Crippen LogP contribution is -2.45. The van der Waals surface area contributed by atoms with Crippen LogP contribution in [0.25, 0.3) is 0 Å². The summed E-state index contributed by atoms with van der Waals surface area (Å²) in [5.41, 5.74) is 0.313. The molecule has 0 aromatic heterocycles. The number of methoxy groups -OCH3 is 1. The van der Waals surface area contributed by atoms with E-state index in [1.54, 1.807) is 25.3 Å². The molecule has 0 aliphatic heterocycles. The standard InChI is InChI=1S/C15H23NO4/c1-10(16(9-14(18)19)15(2,3)4)12-8-11(20-5)6-7-13(12)17/h6-8,10,17H,9H2,1-5H3,(H,18,19). The molecule has 1 aromatic carbocycles. The van der Waals surface area contributed by atoms with Crippen LogP contribution in [0, 0.1) is 0 Å². The van der Waals surface area contributed by atoms with E-state index < -0.39 is 5.97 Å². The first-order valence-electron chi connectivity index (χ1n) is 6.52. The summed E-state index contributed by atoms with van der Waals surface area (Å²) < 4.78 is 5.16.